The van der Waals surface area contributed by atoms with Gasteiger partial charge < -0.3 is 15.7 Å². The van der Waals surface area contributed by atoms with Crippen LogP contribution in [0.4, 0.5) is 16.2 Å². The average Bonchev–Trinajstić information content (AvgIpc) is 2.77. The second kappa shape index (κ2) is 10.9. The van der Waals surface area contributed by atoms with E-state index in [0.29, 0.717) is 33.4 Å². The number of rotatable bonds is 8. The largest absolute Gasteiger partial charge is 0.396 e. The molecule has 33 heavy (non-hydrogen) atoms. The van der Waals surface area contributed by atoms with E-state index in [9.17, 15) is 13.2 Å². The molecule has 3 aromatic rings. The molecule has 0 saturated heterocycles. The lowest BCUT2D eigenvalue weighted by atomic mass is 10.1. The van der Waals surface area contributed by atoms with E-state index in [-0.39, 0.29) is 11.5 Å². The Bertz CT molecular complexity index is 1220. The molecule has 0 radical (unpaired) electrons. The van der Waals surface area contributed by atoms with Gasteiger partial charge in [-0.05, 0) is 66.9 Å². The third kappa shape index (κ3) is 6.61. The number of carbonyl (C=O) groups is 1. The molecule has 7 nitrogen and oxygen atoms in total. The monoisotopic (exact) mass is 507 g/mol. The van der Waals surface area contributed by atoms with Crippen LogP contribution in [0, 0.1) is 0 Å². The second-order valence-corrected chi connectivity index (χ2v) is 9.73. The standard InChI is InChI=1S/C23H23Cl2N3O4S/c1-15(20-3-2-4-21(24)22(20)25)26-23(30)27-17-9-11-19(12-10-17)33(31,32)28-18-7-5-16(6-8-18)13-14-29/h2-12,15,28-29H,13-14H2,1H3,(H2,26,27,30). The van der Waals surface area contributed by atoms with Crippen molar-refractivity contribution in [3.63, 3.8) is 0 Å². The minimum atomic E-state index is -3.80. The summed E-state index contributed by atoms with van der Waals surface area (Å²) in [6.07, 6.45) is 0.500. The molecule has 0 spiro atoms. The van der Waals surface area contributed by atoms with Gasteiger partial charge in [-0.1, -0.05) is 47.5 Å². The van der Waals surface area contributed by atoms with E-state index in [2.05, 4.69) is 15.4 Å². The summed E-state index contributed by atoms with van der Waals surface area (Å²) >= 11 is 12.2. The van der Waals surface area contributed by atoms with Crippen LogP contribution in [0.25, 0.3) is 0 Å². The third-order valence-corrected chi connectivity index (χ3v) is 7.06. The number of benzene rings is 3. The quantitative estimate of drug-likeness (QED) is 0.335. The smallest absolute Gasteiger partial charge is 0.319 e. The van der Waals surface area contributed by atoms with E-state index in [1.54, 1.807) is 49.4 Å². The van der Waals surface area contributed by atoms with Crippen molar-refractivity contribution in [3.05, 3.63) is 87.9 Å². The number of amides is 2. The highest BCUT2D eigenvalue weighted by Gasteiger charge is 2.16. The van der Waals surface area contributed by atoms with Crippen LogP contribution < -0.4 is 15.4 Å². The van der Waals surface area contributed by atoms with E-state index in [4.69, 9.17) is 28.3 Å². The fourth-order valence-corrected chi connectivity index (χ4v) is 4.63. The van der Waals surface area contributed by atoms with Crippen LogP contribution in [0.1, 0.15) is 24.1 Å². The number of hydrogen-bond donors (Lipinski definition) is 4. The molecule has 3 aromatic carbocycles. The van der Waals surface area contributed by atoms with Crippen molar-refractivity contribution in [3.8, 4) is 0 Å². The Morgan fingerprint density at radius 2 is 1.61 bits per heavy atom. The van der Waals surface area contributed by atoms with Crippen molar-refractivity contribution in [1.82, 2.24) is 5.32 Å². The number of halogens is 2. The number of aliphatic hydroxyl groups is 1. The van der Waals surface area contributed by atoms with Gasteiger partial charge in [-0.3, -0.25) is 4.72 Å². The van der Waals surface area contributed by atoms with E-state index in [1.165, 1.54) is 24.3 Å². The average molecular weight is 508 g/mol. The van der Waals surface area contributed by atoms with Gasteiger partial charge in [0.15, 0.2) is 0 Å². The number of nitrogens with one attached hydrogen (secondary N) is 3. The Hall–Kier alpha value is -2.78. The van der Waals surface area contributed by atoms with Gasteiger partial charge in [0.05, 0.1) is 21.0 Å². The first-order valence-corrected chi connectivity index (χ1v) is 12.3. The van der Waals surface area contributed by atoms with Gasteiger partial charge in [0.1, 0.15) is 0 Å². The lowest BCUT2D eigenvalue weighted by Gasteiger charge is -2.17. The number of hydrogen-bond acceptors (Lipinski definition) is 4. The fourth-order valence-electron chi connectivity index (χ4n) is 3.10. The van der Waals surface area contributed by atoms with Crippen molar-refractivity contribution in [1.29, 1.82) is 0 Å². The Morgan fingerprint density at radius 3 is 2.24 bits per heavy atom. The minimum absolute atomic E-state index is 0.0245. The summed E-state index contributed by atoms with van der Waals surface area (Å²) in [7, 11) is -3.80. The Labute approximate surface area is 202 Å². The normalized spacial score (nSPS) is 12.1. The summed E-state index contributed by atoms with van der Waals surface area (Å²) in [4.78, 5) is 12.4. The summed E-state index contributed by atoms with van der Waals surface area (Å²) in [5.74, 6) is 0. The summed E-state index contributed by atoms with van der Waals surface area (Å²) in [5.41, 5.74) is 2.41. The van der Waals surface area contributed by atoms with Crippen LogP contribution in [0.2, 0.25) is 10.0 Å². The Balaban J connectivity index is 1.61. The summed E-state index contributed by atoms with van der Waals surface area (Å²) in [6, 6.07) is 16.9. The van der Waals surface area contributed by atoms with Gasteiger partial charge in [0.25, 0.3) is 10.0 Å². The number of aliphatic hydroxyl groups excluding tert-OH is 1. The van der Waals surface area contributed by atoms with Crippen molar-refractivity contribution in [2.45, 2.75) is 24.3 Å². The molecule has 4 N–H and O–H groups in total. The first kappa shape index (κ1) is 24.9. The fraction of sp³-hybridized carbons (Fsp3) is 0.174. The van der Waals surface area contributed by atoms with Gasteiger partial charge in [-0.25, -0.2) is 13.2 Å². The number of urea groups is 1. The van der Waals surface area contributed by atoms with Crippen LogP contribution in [0.15, 0.2) is 71.6 Å². The molecular weight excluding hydrogens is 485 g/mol. The van der Waals surface area contributed by atoms with Gasteiger partial charge in [0.2, 0.25) is 0 Å². The Morgan fingerprint density at radius 1 is 0.970 bits per heavy atom. The molecule has 0 saturated carbocycles. The van der Waals surface area contributed by atoms with Crippen LogP contribution in [-0.4, -0.2) is 26.2 Å². The number of carbonyl (C=O) groups excluding carboxylic acids is 1. The van der Waals surface area contributed by atoms with Gasteiger partial charge in [0, 0.05) is 18.0 Å². The zero-order chi connectivity index (χ0) is 24.0. The SMILES string of the molecule is CC(NC(=O)Nc1ccc(S(=O)(=O)Nc2ccc(CCO)cc2)cc1)c1cccc(Cl)c1Cl. The molecule has 0 bridgehead atoms. The molecule has 0 aliphatic heterocycles. The van der Waals surface area contributed by atoms with E-state index in [1.807, 2.05) is 0 Å². The molecule has 10 heteroatoms. The first-order chi connectivity index (χ1) is 15.7. The maximum atomic E-state index is 12.6. The second-order valence-electron chi connectivity index (χ2n) is 7.26. The molecule has 0 fully saturated rings. The molecule has 0 aliphatic carbocycles. The summed E-state index contributed by atoms with van der Waals surface area (Å²) in [6.45, 7) is 1.80. The van der Waals surface area contributed by atoms with Crippen molar-refractivity contribution >= 4 is 50.6 Å². The predicted octanol–water partition coefficient (Wildman–Crippen LogP) is 5.21. The predicted molar refractivity (Wildman–Crippen MR) is 132 cm³/mol. The molecule has 2 amide bonds. The van der Waals surface area contributed by atoms with Gasteiger partial charge >= 0.3 is 6.03 Å². The molecule has 0 aliphatic rings. The molecule has 1 atom stereocenters. The van der Waals surface area contributed by atoms with Crippen molar-refractivity contribution < 1.29 is 18.3 Å². The van der Waals surface area contributed by atoms with Gasteiger partial charge in [-0.15, -0.1) is 0 Å². The molecule has 3 rings (SSSR count). The molecule has 0 aromatic heterocycles. The van der Waals surface area contributed by atoms with Crippen LogP contribution in [0.5, 0.6) is 0 Å². The van der Waals surface area contributed by atoms with Crippen LogP contribution in [-0.2, 0) is 16.4 Å². The molecule has 174 valence electrons. The topological polar surface area (TPSA) is 108 Å². The molecular formula is C23H23Cl2N3O4S. The zero-order valence-electron chi connectivity index (χ0n) is 17.7. The minimum Gasteiger partial charge on any atom is -0.396 e. The number of sulfonamides is 1. The van der Waals surface area contributed by atoms with E-state index < -0.39 is 22.1 Å². The lowest BCUT2D eigenvalue weighted by Crippen LogP contribution is -2.31. The summed E-state index contributed by atoms with van der Waals surface area (Å²) < 4.78 is 27.8. The van der Waals surface area contributed by atoms with Crippen LogP contribution >= 0.6 is 23.2 Å². The van der Waals surface area contributed by atoms with Gasteiger partial charge in [-0.2, -0.15) is 0 Å². The van der Waals surface area contributed by atoms with Crippen molar-refractivity contribution in [2.24, 2.45) is 0 Å². The van der Waals surface area contributed by atoms with Crippen molar-refractivity contribution in [2.75, 3.05) is 16.6 Å². The van der Waals surface area contributed by atoms with E-state index >= 15 is 0 Å². The highest BCUT2D eigenvalue weighted by molar-refractivity contribution is 7.92. The molecule has 1 unspecified atom stereocenters. The zero-order valence-corrected chi connectivity index (χ0v) is 20.0. The van der Waals surface area contributed by atoms with E-state index in [0.717, 1.165) is 5.56 Å². The highest BCUT2D eigenvalue weighted by atomic mass is 35.5. The number of anilines is 2. The maximum absolute atomic E-state index is 12.6. The molecule has 0 heterocycles. The Kier molecular flexibility index (Phi) is 8.20. The van der Waals surface area contributed by atoms with Crippen LogP contribution in [0.3, 0.4) is 0 Å². The lowest BCUT2D eigenvalue weighted by molar-refractivity contribution is 0.249. The maximum Gasteiger partial charge on any atom is 0.319 e. The first-order valence-electron chi connectivity index (χ1n) is 10.0. The third-order valence-electron chi connectivity index (χ3n) is 4.82. The summed E-state index contributed by atoms with van der Waals surface area (Å²) in [5, 5.41) is 15.2. The highest BCUT2D eigenvalue weighted by Crippen LogP contribution is 2.29.